The molecule has 230 valence electrons. The van der Waals surface area contributed by atoms with E-state index in [0.717, 1.165) is 33.9 Å². The smallest absolute Gasteiger partial charge is 0.352 e. The molecular formula is C29H27F3N6O6. The molecule has 3 aliphatic rings. The fourth-order valence-corrected chi connectivity index (χ4v) is 6.39. The molecule has 0 aliphatic carbocycles. The molecule has 1 unspecified atom stereocenters. The van der Waals surface area contributed by atoms with Crippen molar-refractivity contribution in [3.05, 3.63) is 75.0 Å². The van der Waals surface area contributed by atoms with Crippen LogP contribution in [0.4, 0.5) is 19.0 Å². The van der Waals surface area contributed by atoms with Crippen molar-refractivity contribution >= 4 is 34.6 Å². The molecule has 2 aromatic heterocycles. The van der Waals surface area contributed by atoms with Gasteiger partial charge in [0.25, 0.3) is 5.91 Å². The molecule has 5 N–H and O–H groups in total. The van der Waals surface area contributed by atoms with E-state index in [-0.39, 0.29) is 65.9 Å². The van der Waals surface area contributed by atoms with Gasteiger partial charge in [0.1, 0.15) is 40.2 Å². The lowest BCUT2D eigenvalue weighted by Crippen LogP contribution is -2.61. The van der Waals surface area contributed by atoms with Gasteiger partial charge in [0.05, 0.1) is 35.3 Å². The highest BCUT2D eigenvalue weighted by molar-refractivity contribution is 6.03. The van der Waals surface area contributed by atoms with Gasteiger partial charge in [0, 0.05) is 31.7 Å². The first-order valence-electron chi connectivity index (χ1n) is 13.8. The molecule has 0 radical (unpaired) electrons. The summed E-state index contributed by atoms with van der Waals surface area (Å²) in [6, 6.07) is 2.59. The summed E-state index contributed by atoms with van der Waals surface area (Å²) in [4.78, 5) is 59.1. The third-order valence-corrected chi connectivity index (χ3v) is 8.34. The summed E-state index contributed by atoms with van der Waals surface area (Å²) in [5.74, 6) is -6.66. The Kier molecular flexibility index (Phi) is 7.16. The van der Waals surface area contributed by atoms with Crippen molar-refractivity contribution in [3.63, 3.8) is 0 Å². The number of aliphatic hydroxyl groups is 1. The van der Waals surface area contributed by atoms with Crippen molar-refractivity contribution in [2.45, 2.75) is 38.0 Å². The molecule has 2 saturated heterocycles. The van der Waals surface area contributed by atoms with Gasteiger partial charge in [0.15, 0.2) is 0 Å². The number of fused-ring (bicyclic) bond motifs is 2. The van der Waals surface area contributed by atoms with Gasteiger partial charge in [-0.25, -0.2) is 22.9 Å². The number of amides is 2. The number of β-lactam (4-membered cyclic amide) rings is 1. The number of anilines is 1. The Hall–Kier alpha value is -4.76. The van der Waals surface area contributed by atoms with Crippen molar-refractivity contribution in [3.8, 4) is 5.69 Å². The molecule has 0 spiro atoms. The summed E-state index contributed by atoms with van der Waals surface area (Å²) in [5.41, 5.74) is 4.11. The van der Waals surface area contributed by atoms with Crippen molar-refractivity contribution < 1.29 is 37.8 Å². The Labute approximate surface area is 247 Å². The van der Waals surface area contributed by atoms with Crippen LogP contribution in [0, 0.1) is 23.4 Å². The number of carboxylic acid groups (broad SMARTS) is 1. The molecule has 2 amide bonds. The number of aliphatic hydroxyl groups excluding tert-OH is 1. The fourth-order valence-electron chi connectivity index (χ4n) is 6.39. The van der Waals surface area contributed by atoms with E-state index in [9.17, 15) is 38.2 Å². The lowest BCUT2D eigenvalue weighted by Gasteiger charge is -2.44. The van der Waals surface area contributed by atoms with Gasteiger partial charge in [-0.1, -0.05) is 0 Å². The number of carboxylic acids is 1. The van der Waals surface area contributed by atoms with Crippen LogP contribution < -0.4 is 21.4 Å². The van der Waals surface area contributed by atoms with Gasteiger partial charge in [-0.15, -0.1) is 0 Å². The second-order valence-corrected chi connectivity index (χ2v) is 11.2. The number of halogens is 3. The lowest BCUT2D eigenvalue weighted by atomic mass is 9.83. The van der Waals surface area contributed by atoms with Crippen molar-refractivity contribution in [1.82, 2.24) is 19.8 Å². The number of aromatic nitrogens is 2. The van der Waals surface area contributed by atoms with Crippen molar-refractivity contribution in [1.29, 1.82) is 0 Å². The first kappa shape index (κ1) is 29.3. The number of nitrogens with one attached hydrogen (secondary N) is 1. The standard InChI is InChI=1S/C29H27F3N6O6/c1-12(39)21-20-6-13(23(29(43)44)37(20)28(21)42)9-35-26(41)22-24(40)17-7-15(31)10-34-25(17)38(19-3-2-14(30)8-18(19)32)27(22)36-5-4-16(33)11-36/h2-3,7-8,10,12,16,20-21,39H,4-6,9,11,33H2,1H3,(H,35,41)(H,43,44)/t12-,16?,20-,21+/m1/s1. The summed E-state index contributed by atoms with van der Waals surface area (Å²) in [7, 11) is 0. The van der Waals surface area contributed by atoms with E-state index in [0.29, 0.717) is 12.5 Å². The molecule has 12 nitrogen and oxygen atoms in total. The van der Waals surface area contributed by atoms with Crippen LogP contribution in [0.5, 0.6) is 0 Å². The Morgan fingerprint density at radius 3 is 2.57 bits per heavy atom. The first-order chi connectivity index (χ1) is 20.9. The van der Waals surface area contributed by atoms with E-state index in [1.807, 2.05) is 0 Å². The molecule has 3 aliphatic heterocycles. The summed E-state index contributed by atoms with van der Waals surface area (Å²) in [6.45, 7) is 1.46. The molecule has 1 aromatic carbocycles. The average Bonchev–Trinajstić information content (AvgIpc) is 3.53. The predicted octanol–water partition coefficient (Wildman–Crippen LogP) is 1.02. The maximum atomic E-state index is 15.3. The maximum absolute atomic E-state index is 15.3. The minimum atomic E-state index is -1.40. The Balaban J connectivity index is 1.49. The molecule has 0 saturated carbocycles. The second kappa shape index (κ2) is 10.7. The van der Waals surface area contributed by atoms with Crippen LogP contribution in [0.3, 0.4) is 0 Å². The van der Waals surface area contributed by atoms with Crippen LogP contribution in [-0.4, -0.2) is 80.3 Å². The summed E-state index contributed by atoms with van der Waals surface area (Å²) in [6.07, 6.45) is 0.332. The number of nitrogens with two attached hydrogens (primary N) is 1. The minimum absolute atomic E-state index is 0.0644. The molecule has 0 bridgehead atoms. The zero-order chi connectivity index (χ0) is 31.6. The Morgan fingerprint density at radius 1 is 1.18 bits per heavy atom. The number of aliphatic carboxylic acids is 1. The fraction of sp³-hybridized carbons (Fsp3) is 0.345. The van der Waals surface area contributed by atoms with Crippen LogP contribution in [0.25, 0.3) is 16.7 Å². The summed E-state index contributed by atoms with van der Waals surface area (Å²) in [5, 5.41) is 22.0. The molecule has 5 heterocycles. The Morgan fingerprint density at radius 2 is 1.93 bits per heavy atom. The highest BCUT2D eigenvalue weighted by Gasteiger charge is 2.56. The van der Waals surface area contributed by atoms with Gasteiger partial charge in [-0.3, -0.25) is 19.0 Å². The van der Waals surface area contributed by atoms with Gasteiger partial charge < -0.3 is 31.1 Å². The SMILES string of the molecule is C[C@@H](O)[C@@H]1C(=O)N2C(C(=O)O)=C(CNC(=O)c3c(N4CCC(N)C4)n(-c4ccc(F)cc4F)c4ncc(F)cc4c3=O)C[C@H]12. The molecule has 6 rings (SSSR count). The molecule has 3 aromatic rings. The monoisotopic (exact) mass is 612 g/mol. The van der Waals surface area contributed by atoms with Gasteiger partial charge in [-0.05, 0) is 43.5 Å². The number of carbonyl (C=O) groups excluding carboxylic acids is 2. The number of carbonyl (C=O) groups is 3. The number of hydrogen-bond donors (Lipinski definition) is 4. The number of hydrogen-bond acceptors (Lipinski definition) is 8. The van der Waals surface area contributed by atoms with E-state index in [1.54, 1.807) is 4.90 Å². The zero-order valence-corrected chi connectivity index (χ0v) is 23.3. The predicted molar refractivity (Wildman–Crippen MR) is 149 cm³/mol. The number of nitrogens with zero attached hydrogens (tertiary/aromatic N) is 4. The summed E-state index contributed by atoms with van der Waals surface area (Å²) >= 11 is 0. The average molecular weight is 613 g/mol. The lowest BCUT2D eigenvalue weighted by molar-refractivity contribution is -0.161. The van der Waals surface area contributed by atoms with Crippen molar-refractivity contribution in [2.24, 2.45) is 11.7 Å². The van der Waals surface area contributed by atoms with E-state index < -0.39 is 64.3 Å². The number of benzene rings is 1. The normalized spacial score (nSPS) is 22.0. The molecule has 4 atom stereocenters. The minimum Gasteiger partial charge on any atom is -0.477 e. The van der Waals surface area contributed by atoms with E-state index in [2.05, 4.69) is 10.3 Å². The quantitative estimate of drug-likeness (QED) is 0.285. The van der Waals surface area contributed by atoms with Crippen LogP contribution in [0.1, 0.15) is 30.1 Å². The van der Waals surface area contributed by atoms with E-state index in [4.69, 9.17) is 5.73 Å². The van der Waals surface area contributed by atoms with Crippen LogP contribution >= 0.6 is 0 Å². The molecule has 44 heavy (non-hydrogen) atoms. The van der Waals surface area contributed by atoms with Crippen LogP contribution in [0.2, 0.25) is 0 Å². The van der Waals surface area contributed by atoms with Crippen LogP contribution in [0.15, 0.2) is 46.5 Å². The Bertz CT molecular complexity index is 1840. The highest BCUT2D eigenvalue weighted by Crippen LogP contribution is 2.43. The zero-order valence-electron chi connectivity index (χ0n) is 23.3. The topological polar surface area (TPSA) is 171 Å². The maximum Gasteiger partial charge on any atom is 0.352 e. The third kappa shape index (κ3) is 4.59. The van der Waals surface area contributed by atoms with Gasteiger partial charge in [0.2, 0.25) is 11.3 Å². The third-order valence-electron chi connectivity index (χ3n) is 8.34. The van der Waals surface area contributed by atoms with Gasteiger partial charge >= 0.3 is 5.97 Å². The second-order valence-electron chi connectivity index (χ2n) is 11.2. The molecule has 2 fully saturated rings. The van der Waals surface area contributed by atoms with Crippen molar-refractivity contribution in [2.75, 3.05) is 24.5 Å². The van der Waals surface area contributed by atoms with Gasteiger partial charge in [-0.2, -0.15) is 0 Å². The number of pyridine rings is 2. The molecule has 15 heteroatoms. The first-order valence-corrected chi connectivity index (χ1v) is 13.8. The largest absolute Gasteiger partial charge is 0.477 e. The van der Waals surface area contributed by atoms with E-state index in [1.165, 1.54) is 6.92 Å². The molecular weight excluding hydrogens is 585 g/mol. The van der Waals surface area contributed by atoms with E-state index >= 15 is 4.39 Å². The van der Waals surface area contributed by atoms with Crippen LogP contribution in [-0.2, 0) is 9.59 Å². The number of rotatable bonds is 7. The highest BCUT2D eigenvalue weighted by atomic mass is 19.1. The summed E-state index contributed by atoms with van der Waals surface area (Å²) < 4.78 is 44.7.